The minimum Gasteiger partial charge on any atom is -0.493 e. The van der Waals surface area contributed by atoms with Gasteiger partial charge < -0.3 is 19.5 Å². The molecule has 3 rings (SSSR count). The Morgan fingerprint density at radius 2 is 1.69 bits per heavy atom. The molecule has 0 bridgehead atoms. The van der Waals surface area contributed by atoms with Crippen LogP contribution in [0.25, 0.3) is 5.57 Å². The first-order chi connectivity index (χ1) is 15.4. The van der Waals surface area contributed by atoms with Crippen LogP contribution in [-0.2, 0) is 14.3 Å². The van der Waals surface area contributed by atoms with Crippen LogP contribution < -0.4 is 14.8 Å². The second-order valence-electron chi connectivity index (χ2n) is 7.79. The van der Waals surface area contributed by atoms with E-state index < -0.39 is 0 Å². The van der Waals surface area contributed by atoms with Crippen molar-refractivity contribution in [1.29, 1.82) is 0 Å². The van der Waals surface area contributed by atoms with Crippen molar-refractivity contribution >= 4 is 23.1 Å². The van der Waals surface area contributed by atoms with Crippen molar-refractivity contribution < 1.29 is 23.8 Å². The van der Waals surface area contributed by atoms with Crippen molar-refractivity contribution in [3.05, 3.63) is 59.3 Å². The van der Waals surface area contributed by atoms with Crippen LogP contribution in [-0.4, -0.2) is 50.2 Å². The van der Waals surface area contributed by atoms with E-state index in [4.69, 9.17) is 14.2 Å². The van der Waals surface area contributed by atoms with Crippen LogP contribution in [0, 0.1) is 6.92 Å². The normalized spacial score (nSPS) is 13.9. The van der Waals surface area contributed by atoms with Crippen LogP contribution in [0.4, 0.5) is 5.69 Å². The molecule has 0 atom stereocenters. The van der Waals surface area contributed by atoms with Gasteiger partial charge in [-0.15, -0.1) is 0 Å². The van der Waals surface area contributed by atoms with E-state index in [1.807, 2.05) is 45.0 Å². The van der Waals surface area contributed by atoms with Crippen molar-refractivity contribution in [3.8, 4) is 11.5 Å². The second-order valence-corrected chi connectivity index (χ2v) is 7.79. The van der Waals surface area contributed by atoms with E-state index in [1.54, 1.807) is 25.3 Å². The van der Waals surface area contributed by atoms with Gasteiger partial charge in [0.2, 0.25) is 0 Å². The number of methoxy groups -OCH3 is 2. The predicted octanol–water partition coefficient (Wildman–Crippen LogP) is 4.02. The first-order valence-electron chi connectivity index (χ1n) is 10.6. The summed E-state index contributed by atoms with van der Waals surface area (Å²) in [5.41, 5.74) is 2.88. The van der Waals surface area contributed by atoms with Gasteiger partial charge in [-0.3, -0.25) is 14.5 Å². The Labute approximate surface area is 189 Å². The summed E-state index contributed by atoms with van der Waals surface area (Å²) in [5.74, 6) is 0.330. The molecule has 32 heavy (non-hydrogen) atoms. The highest BCUT2D eigenvalue weighted by Gasteiger charge is 2.39. The highest BCUT2D eigenvalue weighted by molar-refractivity contribution is 6.36. The molecule has 1 aliphatic rings. The summed E-state index contributed by atoms with van der Waals surface area (Å²) in [6, 6.07) is 12.8. The lowest BCUT2D eigenvalue weighted by atomic mass is 10.0. The van der Waals surface area contributed by atoms with Crippen molar-refractivity contribution in [2.45, 2.75) is 33.3 Å². The van der Waals surface area contributed by atoms with Crippen LogP contribution in [0.2, 0.25) is 0 Å². The highest BCUT2D eigenvalue weighted by atomic mass is 16.5. The zero-order valence-electron chi connectivity index (χ0n) is 19.2. The molecular weight excluding hydrogens is 408 g/mol. The maximum Gasteiger partial charge on any atom is 0.278 e. The number of rotatable bonds is 10. The Bertz CT molecular complexity index is 1030. The van der Waals surface area contributed by atoms with Crippen LogP contribution in [0.3, 0.4) is 0 Å². The second kappa shape index (κ2) is 10.3. The zero-order valence-corrected chi connectivity index (χ0v) is 19.2. The molecule has 2 aromatic rings. The maximum absolute atomic E-state index is 13.4. The summed E-state index contributed by atoms with van der Waals surface area (Å²) < 4.78 is 16.3. The van der Waals surface area contributed by atoms with Crippen LogP contribution >= 0.6 is 0 Å². The Kier molecular flexibility index (Phi) is 7.53. The monoisotopic (exact) mass is 438 g/mol. The van der Waals surface area contributed by atoms with Crippen LogP contribution in [0.1, 0.15) is 31.4 Å². The van der Waals surface area contributed by atoms with Crippen molar-refractivity contribution in [2.24, 2.45) is 0 Å². The smallest absolute Gasteiger partial charge is 0.278 e. The molecule has 1 heterocycles. The SMILES string of the molecule is COc1ccc(C2=C(Nc3ccccc3C)C(=O)N(CCCOC(C)C)C2=O)cc1OC. The van der Waals surface area contributed by atoms with Gasteiger partial charge in [-0.1, -0.05) is 24.3 Å². The molecule has 7 nitrogen and oxygen atoms in total. The fraction of sp³-hybridized carbons (Fsp3) is 0.360. The fourth-order valence-electron chi connectivity index (χ4n) is 3.54. The van der Waals surface area contributed by atoms with Crippen molar-refractivity contribution in [1.82, 2.24) is 4.90 Å². The number of hydrogen-bond acceptors (Lipinski definition) is 6. The van der Waals surface area contributed by atoms with E-state index in [2.05, 4.69) is 5.32 Å². The van der Waals surface area contributed by atoms with Gasteiger partial charge in [0.1, 0.15) is 5.70 Å². The quantitative estimate of drug-likeness (QED) is 0.446. The first-order valence-corrected chi connectivity index (χ1v) is 10.6. The number of amides is 2. The van der Waals surface area contributed by atoms with E-state index in [9.17, 15) is 9.59 Å². The Morgan fingerprint density at radius 1 is 0.969 bits per heavy atom. The van der Waals surface area contributed by atoms with Gasteiger partial charge >= 0.3 is 0 Å². The van der Waals surface area contributed by atoms with Crippen molar-refractivity contribution in [3.63, 3.8) is 0 Å². The number of imide groups is 1. The number of nitrogens with one attached hydrogen (secondary N) is 1. The number of nitrogens with zero attached hydrogens (tertiary/aromatic N) is 1. The average molecular weight is 439 g/mol. The van der Waals surface area contributed by atoms with E-state index in [0.717, 1.165) is 11.3 Å². The number of carbonyl (C=O) groups excluding carboxylic acids is 2. The summed E-state index contributed by atoms with van der Waals surface area (Å²) in [7, 11) is 3.08. The van der Waals surface area contributed by atoms with Gasteiger partial charge in [-0.05, 0) is 56.5 Å². The molecule has 0 unspecified atom stereocenters. The lowest BCUT2D eigenvalue weighted by molar-refractivity contribution is -0.137. The third-order valence-corrected chi connectivity index (χ3v) is 5.22. The largest absolute Gasteiger partial charge is 0.493 e. The van der Waals surface area contributed by atoms with Gasteiger partial charge in [-0.2, -0.15) is 0 Å². The third-order valence-electron chi connectivity index (χ3n) is 5.22. The number of hydrogen-bond donors (Lipinski definition) is 1. The molecule has 1 N–H and O–H groups in total. The molecule has 2 aromatic carbocycles. The third kappa shape index (κ3) is 4.94. The predicted molar refractivity (Wildman–Crippen MR) is 124 cm³/mol. The summed E-state index contributed by atoms with van der Waals surface area (Å²) in [6.45, 7) is 6.60. The Morgan fingerprint density at radius 3 is 2.34 bits per heavy atom. The molecule has 0 aromatic heterocycles. The fourth-order valence-corrected chi connectivity index (χ4v) is 3.54. The lowest BCUT2D eigenvalue weighted by Gasteiger charge is -2.16. The highest BCUT2D eigenvalue weighted by Crippen LogP contribution is 2.36. The number of anilines is 1. The molecule has 1 aliphatic heterocycles. The van der Waals surface area contributed by atoms with E-state index in [-0.39, 0.29) is 30.2 Å². The van der Waals surface area contributed by atoms with Gasteiger partial charge in [-0.25, -0.2) is 0 Å². The first kappa shape index (κ1) is 23.3. The number of ether oxygens (including phenoxy) is 3. The van der Waals surface area contributed by atoms with E-state index in [0.29, 0.717) is 35.7 Å². The molecular formula is C25H30N2O5. The summed E-state index contributed by atoms with van der Waals surface area (Å²) >= 11 is 0. The van der Waals surface area contributed by atoms with Gasteiger partial charge in [0, 0.05) is 18.8 Å². The number of carbonyl (C=O) groups is 2. The molecule has 0 aliphatic carbocycles. The minimum absolute atomic E-state index is 0.0960. The topological polar surface area (TPSA) is 77.1 Å². The average Bonchev–Trinajstić information content (AvgIpc) is 3.01. The van der Waals surface area contributed by atoms with Gasteiger partial charge in [0.05, 0.1) is 25.9 Å². The lowest BCUT2D eigenvalue weighted by Crippen LogP contribution is -2.34. The standard InChI is InChI=1S/C25H30N2O5/c1-16(2)32-14-8-13-27-24(28)22(18-11-12-20(30-4)21(15-18)31-5)23(25(27)29)26-19-10-7-6-9-17(19)3/h6-7,9-12,15-16,26H,8,13-14H2,1-5H3. The maximum atomic E-state index is 13.4. The van der Waals surface area contributed by atoms with Crippen LogP contribution in [0.15, 0.2) is 48.2 Å². The van der Waals surface area contributed by atoms with Gasteiger partial charge in [0.15, 0.2) is 11.5 Å². The van der Waals surface area contributed by atoms with Crippen LogP contribution in [0.5, 0.6) is 11.5 Å². The zero-order chi connectivity index (χ0) is 23.3. The molecule has 0 radical (unpaired) electrons. The summed E-state index contributed by atoms with van der Waals surface area (Å²) in [4.78, 5) is 28.0. The summed E-state index contributed by atoms with van der Waals surface area (Å²) in [6.07, 6.45) is 0.658. The van der Waals surface area contributed by atoms with E-state index >= 15 is 0 Å². The van der Waals surface area contributed by atoms with Crippen molar-refractivity contribution in [2.75, 3.05) is 32.7 Å². The Balaban J connectivity index is 1.98. The molecule has 170 valence electrons. The molecule has 0 spiro atoms. The number of benzene rings is 2. The molecule has 0 fully saturated rings. The van der Waals surface area contributed by atoms with Gasteiger partial charge in [0.25, 0.3) is 11.8 Å². The number of para-hydroxylation sites is 1. The molecule has 7 heteroatoms. The molecule has 2 amide bonds. The minimum atomic E-state index is -0.354. The molecule has 0 saturated heterocycles. The number of aryl methyl sites for hydroxylation is 1. The summed E-state index contributed by atoms with van der Waals surface area (Å²) in [5, 5.41) is 3.21. The molecule has 0 saturated carbocycles. The van der Waals surface area contributed by atoms with E-state index in [1.165, 1.54) is 12.0 Å². The Hall–Kier alpha value is -3.32.